The van der Waals surface area contributed by atoms with E-state index >= 15 is 0 Å². The third-order valence-corrected chi connectivity index (χ3v) is 3.98. The molecule has 2 saturated heterocycles. The van der Waals surface area contributed by atoms with E-state index in [1.807, 2.05) is 0 Å². The first-order valence-corrected chi connectivity index (χ1v) is 7.28. The molecule has 0 bridgehead atoms. The van der Waals surface area contributed by atoms with E-state index in [2.05, 4.69) is 0 Å². The maximum absolute atomic E-state index is 9.94. The van der Waals surface area contributed by atoms with Crippen LogP contribution in [0.2, 0.25) is 0 Å². The molecule has 25 heavy (non-hydrogen) atoms. The van der Waals surface area contributed by atoms with Gasteiger partial charge in [0, 0.05) is 10.8 Å². The molecule has 0 aromatic carbocycles. The molecule has 146 valence electrons. The molecule has 2 aliphatic rings. The zero-order chi connectivity index (χ0) is 19.3. The van der Waals surface area contributed by atoms with Crippen LogP contribution in [0.4, 0.5) is 0 Å². The topological polar surface area (TPSA) is 237 Å². The van der Waals surface area contributed by atoms with Crippen LogP contribution in [-0.2, 0) is 14.2 Å². The Morgan fingerprint density at radius 3 is 1.76 bits per heavy atom. The molecule has 2 aliphatic heterocycles. The van der Waals surface area contributed by atoms with Crippen LogP contribution in [0.5, 0.6) is 0 Å². The zero-order valence-corrected chi connectivity index (χ0v) is 12.9. The third kappa shape index (κ3) is 4.58. The molecule has 2 heterocycles. The molecule has 0 saturated carbocycles. The molecule has 0 spiro atoms. The Bertz CT molecular complexity index is 423. The minimum Gasteiger partial charge on any atom is -0.394 e. The molecule has 13 heteroatoms. The lowest BCUT2D eigenvalue weighted by Crippen LogP contribution is -2.64. The van der Waals surface area contributed by atoms with Crippen molar-refractivity contribution >= 4 is 0 Å². The van der Waals surface area contributed by atoms with Gasteiger partial charge in [-0.1, -0.05) is 0 Å². The first-order valence-electron chi connectivity index (χ1n) is 7.28. The predicted molar refractivity (Wildman–Crippen MR) is 72.1 cm³/mol. The van der Waals surface area contributed by atoms with Gasteiger partial charge in [-0.15, -0.1) is 0 Å². The quantitative estimate of drug-likeness (QED) is 0.216. The van der Waals surface area contributed by atoms with Gasteiger partial charge < -0.3 is 55.1 Å². The molecule has 0 aliphatic carbocycles. The number of hydrogen-bond acceptors (Lipinski definition) is 13. The lowest BCUT2D eigenvalue weighted by molar-refractivity contribution is -0.355. The number of hydrogen-bond donors (Lipinski definition) is 8. The van der Waals surface area contributed by atoms with Gasteiger partial charge in [0.15, 0.2) is 12.6 Å². The molecule has 8 N–H and O–H groups in total. The second-order valence-corrected chi connectivity index (χ2v) is 5.53. The fourth-order valence-corrected chi connectivity index (χ4v) is 2.57. The first kappa shape index (κ1) is 22.0. The third-order valence-electron chi connectivity index (χ3n) is 3.98. The maximum Gasteiger partial charge on any atom is 0.187 e. The Morgan fingerprint density at radius 1 is 0.680 bits per heavy atom. The average Bonchev–Trinajstić information content (AvgIpc) is 2.63. The van der Waals surface area contributed by atoms with E-state index in [1.54, 1.807) is 0 Å². The van der Waals surface area contributed by atoms with Crippen LogP contribution < -0.4 is 0 Å². The highest BCUT2D eigenvalue weighted by Crippen LogP contribution is 2.28. The smallest absolute Gasteiger partial charge is 0.187 e. The first-order chi connectivity index (χ1) is 11.8. The Balaban J connectivity index is 0.00000151. The summed E-state index contributed by atoms with van der Waals surface area (Å²) >= 11 is 0. The van der Waals surface area contributed by atoms with Gasteiger partial charge in [-0.3, -0.25) is 0 Å². The monoisotopic (exact) mass is 370 g/mol. The molecule has 0 radical (unpaired) electrons. The van der Waals surface area contributed by atoms with Crippen molar-refractivity contribution in [2.45, 2.75) is 61.4 Å². The van der Waals surface area contributed by atoms with Crippen LogP contribution in [-0.4, -0.2) is 115 Å². The highest BCUT2D eigenvalue weighted by atomic mass is 16.7. The number of aliphatic hydroxyl groups is 8. The number of aliphatic hydroxyl groups excluding tert-OH is 8. The maximum atomic E-state index is 9.94. The summed E-state index contributed by atoms with van der Waals surface area (Å²) in [4.78, 5) is 0. The number of nitrogens with zero attached hydrogens (tertiary/aromatic N) is 2. The highest BCUT2D eigenvalue weighted by Gasteiger charge is 2.50. The second-order valence-electron chi connectivity index (χ2n) is 5.53. The summed E-state index contributed by atoms with van der Waals surface area (Å²) in [5.74, 6) is 0. The summed E-state index contributed by atoms with van der Waals surface area (Å²) < 4.78 is 15.3. The molecular formula is C12H22N2O11. The molecule has 10 atom stereocenters. The van der Waals surface area contributed by atoms with E-state index in [9.17, 15) is 35.7 Å². The molecule has 0 aromatic rings. The van der Waals surface area contributed by atoms with Crippen molar-refractivity contribution in [3.05, 3.63) is 0 Å². The SMILES string of the molecule is N#N.OC[C@H]1O[C@@H](O[C@H]2[C@H](O)[C@@H](O)[C@H](O)O[C@@H]2CO)[C@H](O)[C@@H](O)[C@H]1O. The van der Waals surface area contributed by atoms with E-state index in [0.29, 0.717) is 0 Å². The van der Waals surface area contributed by atoms with E-state index in [-0.39, 0.29) is 0 Å². The molecule has 0 amide bonds. The van der Waals surface area contributed by atoms with Crippen molar-refractivity contribution in [1.82, 2.24) is 0 Å². The normalized spacial score (nSPS) is 47.6. The largest absolute Gasteiger partial charge is 0.394 e. The predicted octanol–water partition coefficient (Wildman–Crippen LogP) is -5.37. The Labute approximate surface area is 141 Å². The van der Waals surface area contributed by atoms with E-state index in [1.165, 1.54) is 0 Å². The van der Waals surface area contributed by atoms with Crippen LogP contribution in [0.25, 0.3) is 0 Å². The fraction of sp³-hybridized carbons (Fsp3) is 1.00. The second kappa shape index (κ2) is 9.62. The van der Waals surface area contributed by atoms with Gasteiger partial charge in [0.25, 0.3) is 0 Å². The van der Waals surface area contributed by atoms with Crippen LogP contribution in [0.15, 0.2) is 0 Å². The van der Waals surface area contributed by atoms with Gasteiger partial charge in [-0.05, 0) is 0 Å². The van der Waals surface area contributed by atoms with Crippen molar-refractivity contribution in [2.75, 3.05) is 13.2 Å². The van der Waals surface area contributed by atoms with Gasteiger partial charge in [0.05, 0.1) is 13.2 Å². The van der Waals surface area contributed by atoms with Crippen LogP contribution >= 0.6 is 0 Å². The summed E-state index contributed by atoms with van der Waals surface area (Å²) in [6.07, 6.45) is -15.6. The van der Waals surface area contributed by atoms with Crippen LogP contribution in [0.1, 0.15) is 0 Å². The summed E-state index contributed by atoms with van der Waals surface area (Å²) in [7, 11) is 0. The lowest BCUT2D eigenvalue weighted by atomic mass is 9.97. The Hall–Kier alpha value is -1.02. The summed E-state index contributed by atoms with van der Waals surface area (Å²) in [5, 5.41) is 88.5. The highest BCUT2D eigenvalue weighted by molar-refractivity contribution is 4.93. The molecule has 0 unspecified atom stereocenters. The Kier molecular flexibility index (Phi) is 8.47. The standard InChI is InChI=1S/C12H22O11.N2/c13-1-3-5(15)6(16)9(19)12(22-3)23-10-4(2-14)21-11(20)8(18)7(10)17;1-2/h3-20H,1-2H2;/t3-,4-,5+,6+,7-,8-,9-,10-,11-,12+;/m1./s1. The van der Waals surface area contributed by atoms with Crippen molar-refractivity contribution in [3.63, 3.8) is 0 Å². The van der Waals surface area contributed by atoms with Crippen molar-refractivity contribution in [2.24, 2.45) is 0 Å². The zero-order valence-electron chi connectivity index (χ0n) is 12.9. The van der Waals surface area contributed by atoms with E-state index < -0.39 is 74.6 Å². The van der Waals surface area contributed by atoms with Crippen molar-refractivity contribution < 1.29 is 55.1 Å². The van der Waals surface area contributed by atoms with Crippen LogP contribution in [0, 0.1) is 10.8 Å². The van der Waals surface area contributed by atoms with Gasteiger partial charge in [-0.25, -0.2) is 0 Å². The molecular weight excluding hydrogens is 348 g/mol. The van der Waals surface area contributed by atoms with Gasteiger partial charge in [-0.2, -0.15) is 0 Å². The van der Waals surface area contributed by atoms with E-state index in [4.69, 9.17) is 30.1 Å². The van der Waals surface area contributed by atoms with Crippen molar-refractivity contribution in [1.29, 1.82) is 10.8 Å². The molecule has 2 fully saturated rings. The van der Waals surface area contributed by atoms with Gasteiger partial charge >= 0.3 is 0 Å². The fourth-order valence-electron chi connectivity index (χ4n) is 2.57. The number of rotatable bonds is 4. The number of ether oxygens (including phenoxy) is 3. The molecule has 0 aromatic heterocycles. The minimum absolute atomic E-state index is 0.667. The van der Waals surface area contributed by atoms with Gasteiger partial charge in [0.2, 0.25) is 0 Å². The summed E-state index contributed by atoms with van der Waals surface area (Å²) in [6, 6.07) is 0. The summed E-state index contributed by atoms with van der Waals surface area (Å²) in [5.41, 5.74) is 0. The summed E-state index contributed by atoms with van der Waals surface area (Å²) in [6.45, 7) is -1.35. The average molecular weight is 370 g/mol. The van der Waals surface area contributed by atoms with Gasteiger partial charge in [0.1, 0.15) is 48.8 Å². The molecule has 13 nitrogen and oxygen atoms in total. The minimum atomic E-state index is -1.74. The molecule has 2 rings (SSSR count). The lowest BCUT2D eigenvalue weighted by Gasteiger charge is -2.45. The van der Waals surface area contributed by atoms with E-state index in [0.717, 1.165) is 0 Å². The van der Waals surface area contributed by atoms with Crippen molar-refractivity contribution in [3.8, 4) is 0 Å². The van der Waals surface area contributed by atoms with Crippen LogP contribution in [0.3, 0.4) is 0 Å². The Morgan fingerprint density at radius 2 is 1.24 bits per heavy atom.